The molecule has 2 amide bonds. The highest BCUT2D eigenvalue weighted by Crippen LogP contribution is 2.48. The Morgan fingerprint density at radius 2 is 1.82 bits per heavy atom. The lowest BCUT2D eigenvalue weighted by atomic mass is 9.79. The number of ether oxygens (including phenoxy) is 1. The van der Waals surface area contributed by atoms with Gasteiger partial charge in [-0.2, -0.15) is 0 Å². The number of aromatic nitrogens is 2. The van der Waals surface area contributed by atoms with Gasteiger partial charge >= 0.3 is 13.2 Å². The van der Waals surface area contributed by atoms with Gasteiger partial charge in [0.2, 0.25) is 0 Å². The maximum Gasteiger partial charge on any atom is 0.494 e. The lowest BCUT2D eigenvalue weighted by molar-refractivity contribution is -0.121. The van der Waals surface area contributed by atoms with Crippen molar-refractivity contribution in [2.24, 2.45) is 0 Å². The van der Waals surface area contributed by atoms with E-state index in [-0.39, 0.29) is 17.9 Å². The Balaban J connectivity index is 1.27. The van der Waals surface area contributed by atoms with Crippen molar-refractivity contribution >= 4 is 30.3 Å². The van der Waals surface area contributed by atoms with Crippen LogP contribution in [0.1, 0.15) is 63.5 Å². The Morgan fingerprint density at radius 1 is 1.13 bits per heavy atom. The number of imidazole rings is 1. The SMILES string of the molecule is COC(=O)NC1C(=O)N2c3c(cccc3C1C)CC2c1ncc(-c2ccc(B3OC(C)(C)C(C)(C)O3)cc2)[nH]1. The molecule has 2 N–H and O–H groups in total. The minimum Gasteiger partial charge on any atom is -0.453 e. The molecule has 3 atom stereocenters. The van der Waals surface area contributed by atoms with Crippen LogP contribution in [-0.4, -0.2) is 53.4 Å². The summed E-state index contributed by atoms with van der Waals surface area (Å²) in [5, 5.41) is 2.73. The molecule has 1 aromatic heterocycles. The zero-order valence-electron chi connectivity index (χ0n) is 23.1. The number of benzene rings is 2. The van der Waals surface area contributed by atoms with Crippen LogP contribution in [0.25, 0.3) is 11.3 Å². The maximum absolute atomic E-state index is 13.7. The first-order chi connectivity index (χ1) is 18.5. The largest absolute Gasteiger partial charge is 0.494 e. The number of rotatable bonds is 4. The first kappa shape index (κ1) is 25.6. The second-order valence-corrected chi connectivity index (χ2v) is 11.6. The van der Waals surface area contributed by atoms with Gasteiger partial charge in [-0.05, 0) is 49.8 Å². The first-order valence-electron chi connectivity index (χ1n) is 13.3. The van der Waals surface area contributed by atoms with Gasteiger partial charge in [0.15, 0.2) is 0 Å². The molecule has 6 rings (SSSR count). The molecule has 3 aliphatic rings. The Morgan fingerprint density at radius 3 is 2.49 bits per heavy atom. The highest BCUT2D eigenvalue weighted by atomic mass is 16.7. The highest BCUT2D eigenvalue weighted by molar-refractivity contribution is 6.62. The van der Waals surface area contributed by atoms with E-state index in [1.165, 1.54) is 7.11 Å². The number of alkyl carbamates (subject to hydrolysis) is 1. The van der Waals surface area contributed by atoms with E-state index in [0.29, 0.717) is 12.2 Å². The number of aromatic amines is 1. The fraction of sp³-hybridized carbons (Fsp3) is 0.414. The molecule has 4 heterocycles. The summed E-state index contributed by atoms with van der Waals surface area (Å²) in [6.07, 6.45) is 1.81. The Kier molecular flexibility index (Phi) is 5.89. The first-order valence-corrected chi connectivity index (χ1v) is 13.3. The number of nitrogens with one attached hydrogen (secondary N) is 2. The van der Waals surface area contributed by atoms with Crippen LogP contribution in [-0.2, 0) is 25.3 Å². The van der Waals surface area contributed by atoms with E-state index in [2.05, 4.69) is 16.4 Å². The number of hydrogen-bond acceptors (Lipinski definition) is 6. The molecule has 202 valence electrons. The summed E-state index contributed by atoms with van der Waals surface area (Å²) in [7, 11) is 0.871. The molecule has 39 heavy (non-hydrogen) atoms. The third-order valence-electron chi connectivity index (χ3n) is 8.73. The number of anilines is 1. The minimum absolute atomic E-state index is 0.167. The van der Waals surface area contributed by atoms with Crippen LogP contribution >= 0.6 is 0 Å². The van der Waals surface area contributed by atoms with E-state index in [0.717, 1.165) is 33.5 Å². The fourth-order valence-corrected chi connectivity index (χ4v) is 5.74. The van der Waals surface area contributed by atoms with Crippen molar-refractivity contribution in [3.63, 3.8) is 0 Å². The number of para-hydroxylation sites is 1. The van der Waals surface area contributed by atoms with Crippen LogP contribution < -0.4 is 15.7 Å². The monoisotopic (exact) mass is 528 g/mol. The van der Waals surface area contributed by atoms with Gasteiger partial charge in [0.1, 0.15) is 11.9 Å². The van der Waals surface area contributed by atoms with Crippen molar-refractivity contribution in [3.8, 4) is 11.3 Å². The van der Waals surface area contributed by atoms with Gasteiger partial charge in [-0.25, -0.2) is 9.78 Å². The molecule has 0 radical (unpaired) electrons. The zero-order valence-corrected chi connectivity index (χ0v) is 23.1. The van der Waals surface area contributed by atoms with E-state index < -0.39 is 30.5 Å². The Hall–Kier alpha value is -3.63. The predicted octanol–water partition coefficient (Wildman–Crippen LogP) is 3.85. The predicted molar refractivity (Wildman–Crippen MR) is 148 cm³/mol. The van der Waals surface area contributed by atoms with Gasteiger partial charge in [-0.3, -0.25) is 9.69 Å². The summed E-state index contributed by atoms with van der Waals surface area (Å²) < 4.78 is 17.2. The fourth-order valence-electron chi connectivity index (χ4n) is 5.74. The average Bonchev–Trinajstić information content (AvgIpc) is 3.59. The van der Waals surface area contributed by atoms with Gasteiger partial charge in [0.25, 0.3) is 5.91 Å². The molecule has 0 aliphatic carbocycles. The average molecular weight is 528 g/mol. The summed E-state index contributed by atoms with van der Waals surface area (Å²) in [6.45, 7) is 10.1. The van der Waals surface area contributed by atoms with Crippen LogP contribution in [0.5, 0.6) is 0 Å². The molecule has 1 saturated heterocycles. The molecular formula is C29H33BN4O5. The third kappa shape index (κ3) is 4.05. The lowest BCUT2D eigenvalue weighted by Crippen LogP contribution is -2.54. The van der Waals surface area contributed by atoms with Crippen molar-refractivity contribution in [1.29, 1.82) is 0 Å². The zero-order chi connectivity index (χ0) is 27.7. The lowest BCUT2D eigenvalue weighted by Gasteiger charge is -2.38. The Bertz CT molecular complexity index is 1430. The van der Waals surface area contributed by atoms with Crippen LogP contribution in [0.3, 0.4) is 0 Å². The number of hydrogen-bond donors (Lipinski definition) is 2. The van der Waals surface area contributed by atoms with Gasteiger partial charge in [-0.15, -0.1) is 0 Å². The van der Waals surface area contributed by atoms with Crippen LogP contribution in [0.4, 0.5) is 10.5 Å². The molecule has 1 fully saturated rings. The summed E-state index contributed by atoms with van der Waals surface area (Å²) in [5.41, 5.74) is 5.02. The van der Waals surface area contributed by atoms with Crippen LogP contribution in [0.2, 0.25) is 0 Å². The smallest absolute Gasteiger partial charge is 0.453 e. The Labute approximate surface area is 228 Å². The number of carbonyl (C=O) groups excluding carboxylic acids is 2. The molecule has 3 unspecified atom stereocenters. The van der Waals surface area contributed by atoms with Gasteiger partial charge in [-0.1, -0.05) is 49.4 Å². The van der Waals surface area contributed by atoms with E-state index in [4.69, 9.17) is 19.0 Å². The number of carbonyl (C=O) groups is 2. The number of H-pyrrole nitrogens is 1. The van der Waals surface area contributed by atoms with E-state index in [9.17, 15) is 9.59 Å². The quantitative estimate of drug-likeness (QED) is 0.499. The second-order valence-electron chi connectivity index (χ2n) is 11.6. The second kappa shape index (κ2) is 8.96. The van der Waals surface area contributed by atoms with Gasteiger partial charge in [0, 0.05) is 12.3 Å². The molecule has 3 aliphatic heterocycles. The number of amides is 2. The van der Waals surface area contributed by atoms with E-state index in [1.807, 2.05) is 71.0 Å². The summed E-state index contributed by atoms with van der Waals surface area (Å²) in [6, 6.07) is 13.1. The van der Waals surface area contributed by atoms with Crippen LogP contribution in [0, 0.1) is 0 Å². The minimum atomic E-state index is -0.724. The summed E-state index contributed by atoms with van der Waals surface area (Å²) in [5.74, 6) is 0.346. The molecule has 3 aromatic rings. The summed E-state index contributed by atoms with van der Waals surface area (Å²) >= 11 is 0. The van der Waals surface area contributed by atoms with Crippen molar-refractivity contribution in [2.75, 3.05) is 12.0 Å². The van der Waals surface area contributed by atoms with Crippen LogP contribution in [0.15, 0.2) is 48.7 Å². The van der Waals surface area contributed by atoms with Gasteiger partial charge in [0.05, 0.1) is 41.9 Å². The van der Waals surface area contributed by atoms with E-state index in [1.54, 1.807) is 11.1 Å². The van der Waals surface area contributed by atoms with E-state index >= 15 is 0 Å². The topological polar surface area (TPSA) is 106 Å². The number of methoxy groups -OCH3 is 1. The maximum atomic E-state index is 13.7. The number of nitrogens with zero attached hydrogens (tertiary/aromatic N) is 2. The molecular weight excluding hydrogens is 495 g/mol. The highest BCUT2D eigenvalue weighted by Gasteiger charge is 2.52. The molecule has 0 saturated carbocycles. The van der Waals surface area contributed by atoms with Crippen molar-refractivity contribution in [1.82, 2.24) is 15.3 Å². The molecule has 10 heteroatoms. The van der Waals surface area contributed by atoms with Crippen molar-refractivity contribution in [3.05, 3.63) is 65.6 Å². The van der Waals surface area contributed by atoms with Gasteiger partial charge < -0.3 is 24.3 Å². The standard InChI is InChI=1S/C29H33BN4O5/c1-16-20-9-7-8-18-14-22(34(24(18)20)26(35)23(16)33-27(36)37-6)25-31-15-21(32-25)17-10-12-19(13-11-17)30-38-28(2,3)29(4,5)39-30/h7-13,15-16,22-23H,14H2,1-6H3,(H,31,32)(H,33,36). The molecule has 9 nitrogen and oxygen atoms in total. The van der Waals surface area contributed by atoms with Crippen molar-refractivity contribution < 1.29 is 23.6 Å². The summed E-state index contributed by atoms with van der Waals surface area (Å²) in [4.78, 5) is 35.7. The molecule has 0 bridgehead atoms. The molecule has 0 spiro atoms. The van der Waals surface area contributed by atoms with Crippen molar-refractivity contribution in [2.45, 2.75) is 70.2 Å². The third-order valence-corrected chi connectivity index (χ3v) is 8.73. The normalized spacial score (nSPS) is 24.6. The molecule has 2 aromatic carbocycles.